The van der Waals surface area contributed by atoms with Crippen molar-refractivity contribution in [1.82, 2.24) is 19.5 Å². The third kappa shape index (κ3) is 4.37. The molecule has 1 aliphatic rings. The standard InChI is InChI=1S/C26H23N5O2/c1-33-22-17-23(24-11-12-28-31(24)19-22)21-8-9-25(27-18-21)29-13-15-30(16-14-29)26(32)10-7-20-5-3-2-4-6-20/h2-6,8-9,11-12,17-19H,13-16H2,1H3. The van der Waals surface area contributed by atoms with E-state index in [1.54, 1.807) is 22.7 Å². The number of ether oxygens (including phenoxy) is 1. The van der Waals surface area contributed by atoms with Gasteiger partial charge in [-0.05, 0) is 36.4 Å². The van der Waals surface area contributed by atoms with Crippen molar-refractivity contribution < 1.29 is 9.53 Å². The highest BCUT2D eigenvalue weighted by Gasteiger charge is 2.21. The maximum atomic E-state index is 12.5. The van der Waals surface area contributed by atoms with Gasteiger partial charge in [0, 0.05) is 55.0 Å². The number of nitrogens with zero attached hydrogens (tertiary/aromatic N) is 5. The van der Waals surface area contributed by atoms with Crippen LogP contribution in [0.1, 0.15) is 5.56 Å². The lowest BCUT2D eigenvalue weighted by molar-refractivity contribution is -0.125. The van der Waals surface area contributed by atoms with Crippen molar-refractivity contribution in [2.45, 2.75) is 0 Å². The second-order valence-electron chi connectivity index (χ2n) is 7.75. The fourth-order valence-corrected chi connectivity index (χ4v) is 3.94. The van der Waals surface area contributed by atoms with Gasteiger partial charge in [-0.2, -0.15) is 5.10 Å². The largest absolute Gasteiger partial charge is 0.495 e. The van der Waals surface area contributed by atoms with Crippen LogP contribution in [0.5, 0.6) is 5.75 Å². The van der Waals surface area contributed by atoms with Gasteiger partial charge in [-0.25, -0.2) is 9.50 Å². The van der Waals surface area contributed by atoms with Crippen LogP contribution in [0.2, 0.25) is 0 Å². The lowest BCUT2D eigenvalue weighted by Gasteiger charge is -2.34. The topological polar surface area (TPSA) is 63.0 Å². The second kappa shape index (κ2) is 9.05. The molecule has 7 heteroatoms. The molecular weight excluding hydrogens is 414 g/mol. The average molecular weight is 438 g/mol. The van der Waals surface area contributed by atoms with Crippen LogP contribution in [-0.4, -0.2) is 58.7 Å². The van der Waals surface area contributed by atoms with Gasteiger partial charge >= 0.3 is 0 Å². The summed E-state index contributed by atoms with van der Waals surface area (Å²) >= 11 is 0. The number of amides is 1. The van der Waals surface area contributed by atoms with E-state index < -0.39 is 0 Å². The number of hydrogen-bond acceptors (Lipinski definition) is 5. The SMILES string of the molecule is COc1cc(-c2ccc(N3CCN(C(=O)C#Cc4ccccc4)CC3)nc2)c2ccnn2c1. The molecule has 0 spiro atoms. The van der Waals surface area contributed by atoms with E-state index in [0.29, 0.717) is 13.1 Å². The Morgan fingerprint density at radius 3 is 2.58 bits per heavy atom. The summed E-state index contributed by atoms with van der Waals surface area (Å²) in [4.78, 5) is 21.1. The van der Waals surface area contributed by atoms with E-state index >= 15 is 0 Å². The molecule has 0 unspecified atom stereocenters. The number of benzene rings is 1. The zero-order chi connectivity index (χ0) is 22.6. The predicted octanol–water partition coefficient (Wildman–Crippen LogP) is 3.11. The molecule has 1 fully saturated rings. The van der Waals surface area contributed by atoms with Gasteiger partial charge in [0.25, 0.3) is 5.91 Å². The summed E-state index contributed by atoms with van der Waals surface area (Å²) in [5.41, 5.74) is 3.85. The van der Waals surface area contributed by atoms with Crippen molar-refractivity contribution in [2.24, 2.45) is 0 Å². The molecular formula is C26H23N5O2. The van der Waals surface area contributed by atoms with E-state index in [1.165, 1.54) is 0 Å². The first kappa shape index (κ1) is 20.6. The first-order chi connectivity index (χ1) is 16.2. The minimum atomic E-state index is -0.135. The Morgan fingerprint density at radius 2 is 1.85 bits per heavy atom. The summed E-state index contributed by atoms with van der Waals surface area (Å²) in [5.74, 6) is 7.20. The number of piperazine rings is 1. The molecule has 0 N–H and O–H groups in total. The number of anilines is 1. The minimum Gasteiger partial charge on any atom is -0.495 e. The Labute approximate surface area is 192 Å². The smallest absolute Gasteiger partial charge is 0.298 e. The fourth-order valence-electron chi connectivity index (χ4n) is 3.94. The second-order valence-corrected chi connectivity index (χ2v) is 7.75. The third-order valence-corrected chi connectivity index (χ3v) is 5.76. The summed E-state index contributed by atoms with van der Waals surface area (Å²) in [6, 6.07) is 17.6. The van der Waals surface area contributed by atoms with Crippen LogP contribution >= 0.6 is 0 Å². The van der Waals surface area contributed by atoms with Crippen LogP contribution in [0.25, 0.3) is 16.6 Å². The van der Waals surface area contributed by atoms with Crippen molar-refractivity contribution in [1.29, 1.82) is 0 Å². The Balaban J connectivity index is 1.26. The van der Waals surface area contributed by atoms with E-state index in [9.17, 15) is 4.79 Å². The summed E-state index contributed by atoms with van der Waals surface area (Å²) in [5, 5.41) is 4.32. The molecule has 4 heterocycles. The molecule has 1 aromatic carbocycles. The molecule has 5 rings (SSSR count). The third-order valence-electron chi connectivity index (χ3n) is 5.76. The number of hydrogen-bond donors (Lipinski definition) is 0. The monoisotopic (exact) mass is 437 g/mol. The van der Waals surface area contributed by atoms with Gasteiger partial charge in [-0.3, -0.25) is 4.79 Å². The van der Waals surface area contributed by atoms with Crippen molar-refractivity contribution in [3.8, 4) is 28.7 Å². The highest BCUT2D eigenvalue weighted by Crippen LogP contribution is 2.29. The Bertz CT molecular complexity index is 1330. The molecule has 33 heavy (non-hydrogen) atoms. The molecule has 0 bridgehead atoms. The highest BCUT2D eigenvalue weighted by atomic mass is 16.5. The van der Waals surface area contributed by atoms with Gasteiger partial charge in [0.05, 0.1) is 25.0 Å². The Morgan fingerprint density at radius 1 is 1.03 bits per heavy atom. The zero-order valence-electron chi connectivity index (χ0n) is 18.3. The molecule has 4 aromatic rings. The van der Waals surface area contributed by atoms with E-state index in [2.05, 4.69) is 27.9 Å². The molecule has 7 nitrogen and oxygen atoms in total. The van der Waals surface area contributed by atoms with Gasteiger partial charge in [0.1, 0.15) is 11.6 Å². The molecule has 1 saturated heterocycles. The van der Waals surface area contributed by atoms with E-state index in [0.717, 1.165) is 46.9 Å². The zero-order valence-corrected chi connectivity index (χ0v) is 18.3. The molecule has 3 aromatic heterocycles. The molecule has 1 aliphatic heterocycles. The van der Waals surface area contributed by atoms with Gasteiger partial charge < -0.3 is 14.5 Å². The summed E-state index contributed by atoms with van der Waals surface area (Å²) in [6.07, 6.45) is 5.50. The maximum absolute atomic E-state index is 12.5. The van der Waals surface area contributed by atoms with Crippen LogP contribution in [0.4, 0.5) is 5.82 Å². The lowest BCUT2D eigenvalue weighted by Crippen LogP contribution is -2.48. The molecule has 0 saturated carbocycles. The van der Waals surface area contributed by atoms with Gasteiger partial charge in [0.2, 0.25) is 0 Å². The highest BCUT2D eigenvalue weighted by molar-refractivity contribution is 5.94. The lowest BCUT2D eigenvalue weighted by atomic mass is 10.1. The Kier molecular flexibility index (Phi) is 5.64. The van der Waals surface area contributed by atoms with Crippen LogP contribution in [0.15, 0.2) is 73.2 Å². The van der Waals surface area contributed by atoms with E-state index in [1.807, 2.05) is 60.9 Å². The minimum absolute atomic E-state index is 0.135. The molecule has 0 aliphatic carbocycles. The number of pyridine rings is 2. The number of carbonyl (C=O) groups excluding carboxylic acids is 1. The van der Waals surface area contributed by atoms with Gasteiger partial charge in [0.15, 0.2) is 0 Å². The van der Waals surface area contributed by atoms with Gasteiger partial charge in [-0.1, -0.05) is 24.1 Å². The van der Waals surface area contributed by atoms with Crippen LogP contribution in [0.3, 0.4) is 0 Å². The summed E-state index contributed by atoms with van der Waals surface area (Å²) < 4.78 is 7.22. The maximum Gasteiger partial charge on any atom is 0.298 e. The molecule has 1 amide bonds. The van der Waals surface area contributed by atoms with E-state index in [4.69, 9.17) is 9.72 Å². The first-order valence-electron chi connectivity index (χ1n) is 10.8. The van der Waals surface area contributed by atoms with Gasteiger partial charge in [-0.15, -0.1) is 0 Å². The summed E-state index contributed by atoms with van der Waals surface area (Å²) in [6.45, 7) is 2.68. The van der Waals surface area contributed by atoms with Crippen molar-refractivity contribution >= 4 is 17.2 Å². The fraction of sp³-hybridized carbons (Fsp3) is 0.192. The number of rotatable bonds is 3. The van der Waals surface area contributed by atoms with Crippen molar-refractivity contribution in [3.05, 3.63) is 78.8 Å². The molecule has 0 atom stereocenters. The Hall–Kier alpha value is -4.31. The first-order valence-corrected chi connectivity index (χ1v) is 10.8. The number of fused-ring (bicyclic) bond motifs is 1. The van der Waals surface area contributed by atoms with Crippen LogP contribution < -0.4 is 9.64 Å². The number of methoxy groups -OCH3 is 1. The molecule has 0 radical (unpaired) electrons. The normalized spacial score (nSPS) is 13.5. The van der Waals surface area contributed by atoms with Crippen molar-refractivity contribution in [2.75, 3.05) is 38.2 Å². The number of aromatic nitrogens is 3. The van der Waals surface area contributed by atoms with Crippen LogP contribution in [-0.2, 0) is 4.79 Å². The van der Waals surface area contributed by atoms with Crippen molar-refractivity contribution in [3.63, 3.8) is 0 Å². The average Bonchev–Trinajstić information content (AvgIpc) is 3.36. The quantitative estimate of drug-likeness (QED) is 0.461. The summed E-state index contributed by atoms with van der Waals surface area (Å²) in [7, 11) is 1.65. The number of carbonyl (C=O) groups is 1. The molecule has 164 valence electrons. The predicted molar refractivity (Wildman–Crippen MR) is 127 cm³/mol. The van der Waals surface area contributed by atoms with E-state index in [-0.39, 0.29) is 5.91 Å². The van der Waals surface area contributed by atoms with Crippen LogP contribution in [0, 0.1) is 11.8 Å².